The first-order valence-electron chi connectivity index (χ1n) is 43.7. The predicted molar refractivity (Wildman–Crippen MR) is 556 cm³/mol. The van der Waals surface area contributed by atoms with E-state index in [4.69, 9.17) is 34.8 Å². The number of fused-ring (bicyclic) bond motifs is 6. The zero-order valence-corrected chi connectivity index (χ0v) is 80.3. The highest BCUT2D eigenvalue weighted by molar-refractivity contribution is 6.35. The van der Waals surface area contributed by atoms with Gasteiger partial charge in [-0.25, -0.2) is 29.9 Å². The number of aromatic amines is 6. The number of rotatable bonds is 22. The van der Waals surface area contributed by atoms with Gasteiger partial charge in [0.1, 0.15) is 0 Å². The van der Waals surface area contributed by atoms with Crippen LogP contribution in [-0.2, 0) is 28.8 Å². The summed E-state index contributed by atoms with van der Waals surface area (Å²) in [6.45, 7) is 22.6. The van der Waals surface area contributed by atoms with Gasteiger partial charge in [0.15, 0.2) is 33.9 Å². The van der Waals surface area contributed by atoms with Crippen molar-refractivity contribution in [2.24, 2.45) is 0 Å². The molecule has 0 saturated carbocycles. The number of pyridine rings is 6. The molecule has 12 aromatic heterocycles. The molecule has 6 amide bonds. The molecule has 18 aromatic rings. The number of benzene rings is 6. The lowest BCUT2D eigenvalue weighted by molar-refractivity contribution is -0.112. The molecule has 0 atom stereocenters. The molecule has 0 aliphatic heterocycles. The second-order valence-electron chi connectivity index (χ2n) is 32.0. The van der Waals surface area contributed by atoms with Gasteiger partial charge in [-0.1, -0.05) is 129 Å². The van der Waals surface area contributed by atoms with Crippen LogP contribution in [0.5, 0.6) is 0 Å². The Balaban J connectivity index is 0.000000141. The van der Waals surface area contributed by atoms with Crippen molar-refractivity contribution in [3.05, 3.63) is 324 Å². The number of H-pyrrole nitrogens is 6. The fraction of sp³-hybridized carbons (Fsp3) is 0.135. The van der Waals surface area contributed by atoms with E-state index in [-0.39, 0.29) is 35.4 Å². The Labute approximate surface area is 814 Å². The van der Waals surface area contributed by atoms with Crippen LogP contribution in [0, 0.1) is 41.5 Å². The van der Waals surface area contributed by atoms with Crippen molar-refractivity contribution < 1.29 is 28.8 Å². The average molecular weight is 1920 g/mol. The van der Waals surface area contributed by atoms with E-state index in [0.29, 0.717) is 66.0 Å². The zero-order valence-electron chi connectivity index (χ0n) is 78.0. The molecule has 6 aromatic carbocycles. The number of amides is 6. The maximum Gasteiger partial charge on any atom is 0.249 e. The maximum absolute atomic E-state index is 12.0. The van der Waals surface area contributed by atoms with Crippen molar-refractivity contribution in [2.45, 2.75) is 68.2 Å². The van der Waals surface area contributed by atoms with E-state index in [1.54, 1.807) is 84.8 Å². The molecule has 0 fully saturated rings. The summed E-state index contributed by atoms with van der Waals surface area (Å²) in [7, 11) is 7.42. The Hall–Kier alpha value is -17.2. The molecular weight excluding hydrogens is 1820 g/mol. The number of hydrogen-bond donors (Lipinski definition) is 12. The highest BCUT2D eigenvalue weighted by Crippen LogP contribution is 2.36. The van der Waals surface area contributed by atoms with Crippen LogP contribution in [0.1, 0.15) is 60.9 Å². The number of carbonyl (C=O) groups excluding carboxylic acids is 6. The average Bonchev–Trinajstić information content (AvgIpc) is 1.81. The van der Waals surface area contributed by atoms with Crippen molar-refractivity contribution in [1.82, 2.24) is 101 Å². The van der Waals surface area contributed by atoms with Gasteiger partial charge < -0.3 is 41.7 Å². The topological polar surface area (TPSA) is 430 Å². The Morgan fingerprint density at radius 3 is 0.770 bits per heavy atom. The van der Waals surface area contributed by atoms with Gasteiger partial charge in [-0.15, -0.1) is 0 Å². The summed E-state index contributed by atoms with van der Waals surface area (Å²) in [6, 6.07) is 51.6. The Morgan fingerprint density at radius 1 is 0.295 bits per heavy atom. The van der Waals surface area contributed by atoms with Crippen molar-refractivity contribution in [3.8, 4) is 66.8 Å². The summed E-state index contributed by atoms with van der Waals surface area (Å²) in [5.74, 6) is -1.27. The van der Waals surface area contributed by atoms with Gasteiger partial charge >= 0.3 is 0 Å². The first-order valence-corrected chi connectivity index (χ1v) is 44.8. The van der Waals surface area contributed by atoms with Gasteiger partial charge in [0.2, 0.25) is 35.4 Å². The Morgan fingerprint density at radius 2 is 0.518 bits per heavy atom. The largest absolute Gasteiger partial charge is 0.383 e. The van der Waals surface area contributed by atoms with Crippen LogP contribution >= 0.6 is 34.8 Å². The third-order valence-electron chi connectivity index (χ3n) is 21.1. The highest BCUT2D eigenvalue weighted by atomic mass is 35.5. The summed E-state index contributed by atoms with van der Waals surface area (Å²) >= 11 is 18.5. The van der Waals surface area contributed by atoms with Crippen LogP contribution in [0.25, 0.3) is 133 Å². The fourth-order valence-corrected chi connectivity index (χ4v) is 14.3. The van der Waals surface area contributed by atoms with Gasteiger partial charge in [0.25, 0.3) is 0 Å². The Kier molecular flexibility index (Phi) is 33.3. The normalized spacial score (nSPS) is 11.0. The molecule has 0 bridgehead atoms. The number of aryl methyl sites for hydroxylation is 6. The third kappa shape index (κ3) is 26.5. The number of halogens is 3. The second kappa shape index (κ2) is 46.6. The minimum Gasteiger partial charge on any atom is -0.383 e. The molecule has 32 nitrogen and oxygen atoms in total. The number of anilines is 6. The summed E-state index contributed by atoms with van der Waals surface area (Å²) in [4.78, 5) is 100. The predicted octanol–water partition coefficient (Wildman–Crippen LogP) is 21.6. The number of nitrogens with zero attached hydrogens (tertiary/aromatic N) is 14. The minimum absolute atomic E-state index is 0.122. The number of nitrogens with one attached hydrogen (secondary N) is 12. The molecule has 0 saturated heterocycles. The standard InChI is InChI=1S/C18H18ClN5O.C18H17ClN4O.C18H19N5O.C18H18N4O.C16H13ClN4O.C16H14N4O/c1-11-14-8-13(10-20-18(14)23-22-11)12-4-5-15(19)16(9-12)21-17(25)6-7-24(2)3;1-3-4-5-17(24)21-16-9-12(6-7-15(16)19)13-8-14-11(2)22-23-18(14)20-10-13;1-12-16-10-14(11-19-18(16)22-21-12)13-5-4-6-15(9-13)20-17(24)7-8-23(2)3;1-3-4-8-17(23)20-15-7-5-6-13(9-15)14-10-16-12(2)21-22-18(16)19-11-14;1-3-15(22)19-14-7-10(4-5-13(14)17)11-6-12-9(2)20-21-16(12)18-8-11;1-3-15(21)18-13-6-4-5-11(7-13)12-8-14-10(2)19-20-16(14)17-9-12/h4-10H,1-3H3,(H,21,25)(H,20,22,23);4-10H,3H2,1-2H3,(H,21,24)(H,20,22,23);4-11H,1-3H3,(H,20,24)(H,19,21,22);4-11H,3H2,1-2H3,(H,20,23)(H,19,21,22);3-8H,1H2,2H3,(H,19,22)(H,18,20,21);3-9H,1H2,2H3,(H,18,21)(H,17,19,20)/b7-6+;5-4+;8-7+;8-4+;;. The van der Waals surface area contributed by atoms with Crippen molar-refractivity contribution in [2.75, 3.05) is 60.1 Å². The molecule has 0 aliphatic rings. The number of aromatic nitrogens is 18. The summed E-state index contributed by atoms with van der Waals surface area (Å²) in [5, 5.41) is 66.4. The van der Waals surface area contributed by atoms with E-state index in [2.05, 4.69) is 142 Å². The molecule has 35 heteroatoms. The van der Waals surface area contributed by atoms with Crippen LogP contribution in [0.4, 0.5) is 34.1 Å². The summed E-state index contributed by atoms with van der Waals surface area (Å²) in [6.07, 6.45) is 27.7. The summed E-state index contributed by atoms with van der Waals surface area (Å²) in [5.41, 5.74) is 25.3. The van der Waals surface area contributed by atoms with Gasteiger partial charge in [-0.2, -0.15) is 30.6 Å². The van der Waals surface area contributed by atoms with E-state index in [9.17, 15) is 28.8 Å². The molecule has 0 aliphatic carbocycles. The number of hydrogen-bond acceptors (Lipinski definition) is 20. The van der Waals surface area contributed by atoms with E-state index in [1.165, 1.54) is 30.4 Å². The lowest BCUT2D eigenvalue weighted by Crippen LogP contribution is -2.10. The quantitative estimate of drug-likeness (QED) is 0.0280. The van der Waals surface area contributed by atoms with Crippen molar-refractivity contribution in [3.63, 3.8) is 0 Å². The van der Waals surface area contributed by atoms with Crippen molar-refractivity contribution in [1.29, 1.82) is 0 Å². The van der Waals surface area contributed by atoms with Crippen LogP contribution in [0.3, 0.4) is 0 Å². The molecule has 0 radical (unpaired) electrons. The molecule has 0 spiro atoms. The monoisotopic (exact) mass is 1910 g/mol. The lowest BCUT2D eigenvalue weighted by Gasteiger charge is -2.09. The SMILES string of the molecule is C=CC(=O)Nc1cc(-c2cnc3n[nH]c(C)c3c2)ccc1Cl.C=CC(=O)Nc1cccc(-c2cnc3n[nH]c(C)c3c2)c1.CC/C=C/C(=O)Nc1cc(-c2cnc3n[nH]c(C)c3c2)ccc1Cl.CC/C=C/C(=O)Nc1cccc(-c2cnc3n[nH]c(C)c3c2)c1.Cc1[nH]nc2ncc(-c3ccc(Cl)c(NC(=O)/C=C/N(C)C)c3)cc12.Cc1[nH]nc2ncc(-c3cccc(NC(=O)/C=C/N(C)C)c3)cc12. The molecule has 18 rings (SSSR count). The molecule has 702 valence electrons. The highest BCUT2D eigenvalue weighted by Gasteiger charge is 2.18. The smallest absolute Gasteiger partial charge is 0.249 e. The van der Waals surface area contributed by atoms with Crippen LogP contribution in [0.2, 0.25) is 15.1 Å². The molecule has 12 heterocycles. The first-order chi connectivity index (χ1) is 67.0. The minimum atomic E-state index is -0.307. The van der Waals surface area contributed by atoms with Gasteiger partial charge in [-0.3, -0.25) is 59.4 Å². The van der Waals surface area contributed by atoms with Crippen LogP contribution in [-0.4, -0.2) is 165 Å². The lowest BCUT2D eigenvalue weighted by atomic mass is 10.1. The summed E-state index contributed by atoms with van der Waals surface area (Å²) < 4.78 is 0. The van der Waals surface area contributed by atoms with E-state index >= 15 is 0 Å². The molecule has 0 unspecified atom stereocenters. The molecular formula is C104H99Cl3N26O6. The van der Waals surface area contributed by atoms with E-state index in [0.717, 1.165) is 163 Å². The number of allylic oxidation sites excluding steroid dienone is 2. The van der Waals surface area contributed by atoms with Gasteiger partial charge in [0.05, 0.1) is 32.1 Å². The number of carbonyl (C=O) groups is 6. The fourth-order valence-electron chi connectivity index (χ4n) is 13.8. The zero-order chi connectivity index (χ0) is 98.9. The van der Waals surface area contributed by atoms with Gasteiger partial charge in [0, 0.05) is 207 Å². The first kappa shape index (κ1) is 99.3. The third-order valence-corrected chi connectivity index (χ3v) is 22.1. The van der Waals surface area contributed by atoms with E-state index in [1.807, 2.05) is 234 Å². The van der Waals surface area contributed by atoms with Crippen LogP contribution in [0.15, 0.2) is 275 Å². The second-order valence-corrected chi connectivity index (χ2v) is 33.2. The molecule has 139 heavy (non-hydrogen) atoms. The maximum atomic E-state index is 12.0. The van der Waals surface area contributed by atoms with Gasteiger partial charge in [-0.05, 0) is 221 Å². The van der Waals surface area contributed by atoms with Crippen molar-refractivity contribution >= 4 is 171 Å². The van der Waals surface area contributed by atoms with Crippen LogP contribution < -0.4 is 31.9 Å². The Bertz CT molecular complexity index is 7730. The van der Waals surface area contributed by atoms with E-state index < -0.39 is 0 Å². The molecule has 12 N–H and O–H groups in total.